The Bertz CT molecular complexity index is 61.5. The Morgan fingerprint density at radius 1 is 1.25 bits per heavy atom. The van der Waals surface area contributed by atoms with E-state index in [-0.39, 0.29) is 0 Å². The molecule has 0 aliphatic rings. The zero-order valence-corrected chi connectivity index (χ0v) is 6.97. The SMILES string of the molecule is ClCC[OH+][B-](Cl)(Cl)Cl. The van der Waals surface area contributed by atoms with Crippen molar-refractivity contribution in [2.75, 3.05) is 12.5 Å². The molecule has 0 aromatic carbocycles. The lowest BCUT2D eigenvalue weighted by molar-refractivity contribution is 0.166. The largest absolute Gasteiger partial charge is 0.642 e. The standard InChI is InChI=1S/C2H5BCl4O/c4-1-2-8-3(5,6)7/h8H,1-2H2. The summed E-state index contributed by atoms with van der Waals surface area (Å²) < 4.78 is 1.56. The molecule has 0 fully saturated rings. The van der Waals surface area contributed by atoms with Crippen LogP contribution in [0.3, 0.4) is 0 Å². The zero-order chi connectivity index (χ0) is 6.62. The highest BCUT2D eigenvalue weighted by molar-refractivity contribution is 7.61. The molecule has 0 bridgehead atoms. The summed E-state index contributed by atoms with van der Waals surface area (Å²) in [4.78, 5) is 0. The molecule has 0 heterocycles. The van der Waals surface area contributed by atoms with Crippen LogP contribution in [0.25, 0.3) is 0 Å². The highest BCUT2D eigenvalue weighted by Crippen LogP contribution is 2.17. The van der Waals surface area contributed by atoms with Crippen LogP contribution in [0.4, 0.5) is 0 Å². The van der Waals surface area contributed by atoms with Crippen molar-refractivity contribution in [1.82, 2.24) is 0 Å². The Hall–Kier alpha value is 1.18. The van der Waals surface area contributed by atoms with Gasteiger partial charge in [-0.2, -0.15) is 0 Å². The van der Waals surface area contributed by atoms with Crippen molar-refractivity contribution >= 4 is 50.6 Å². The number of hydrogen-bond acceptors (Lipinski definition) is 0. The summed E-state index contributed by atoms with van der Waals surface area (Å²) in [5.74, 6) is 0.398. The van der Waals surface area contributed by atoms with Crippen LogP contribution in [0.1, 0.15) is 0 Å². The van der Waals surface area contributed by atoms with E-state index < -0.39 is 4.59 Å². The van der Waals surface area contributed by atoms with Gasteiger partial charge in [-0.25, -0.2) is 34.4 Å². The average molecular weight is 198 g/mol. The predicted molar refractivity (Wildman–Crippen MR) is 41.1 cm³/mol. The van der Waals surface area contributed by atoms with Gasteiger partial charge in [0, 0.05) is 0 Å². The Labute approximate surface area is 67.9 Å². The van der Waals surface area contributed by atoms with Gasteiger partial charge in [0.1, 0.15) is 6.61 Å². The molecule has 0 aliphatic carbocycles. The minimum absolute atomic E-state index is 0.398. The van der Waals surface area contributed by atoms with Crippen LogP contribution in [-0.2, 0) is 0 Å². The zero-order valence-electron chi connectivity index (χ0n) is 3.95. The molecule has 0 saturated carbocycles. The van der Waals surface area contributed by atoms with Crippen LogP contribution in [0.2, 0.25) is 0 Å². The van der Waals surface area contributed by atoms with Crippen molar-refractivity contribution in [2.24, 2.45) is 0 Å². The first-order chi connectivity index (χ1) is 3.56. The molecule has 0 atom stereocenters. The van der Waals surface area contributed by atoms with Crippen LogP contribution in [0, 0.1) is 0 Å². The molecule has 0 aromatic heterocycles. The summed E-state index contributed by atoms with van der Waals surface area (Å²) >= 11 is 21.1. The van der Waals surface area contributed by atoms with E-state index in [1.165, 1.54) is 0 Å². The van der Waals surface area contributed by atoms with Crippen molar-refractivity contribution in [2.45, 2.75) is 0 Å². The van der Waals surface area contributed by atoms with Gasteiger partial charge in [0.05, 0.1) is 5.88 Å². The fourth-order valence-electron chi connectivity index (χ4n) is 0.195. The first-order valence-corrected chi connectivity index (χ1v) is 3.84. The Morgan fingerprint density at radius 2 is 1.75 bits per heavy atom. The highest BCUT2D eigenvalue weighted by atomic mass is 35.6. The third-order valence-corrected chi connectivity index (χ3v) is 1.00. The van der Waals surface area contributed by atoms with Crippen molar-refractivity contribution in [1.29, 1.82) is 0 Å². The van der Waals surface area contributed by atoms with Crippen molar-refractivity contribution in [3.8, 4) is 0 Å². The van der Waals surface area contributed by atoms with Gasteiger partial charge >= 0.3 is 4.59 Å². The summed E-state index contributed by atoms with van der Waals surface area (Å²) in [6.45, 7) is 0.401. The molecule has 0 rings (SSSR count). The number of rotatable bonds is 3. The van der Waals surface area contributed by atoms with E-state index in [0.29, 0.717) is 12.5 Å². The molecule has 1 nitrogen and oxygen atoms in total. The maximum absolute atomic E-state index is 5.28. The average Bonchev–Trinajstić information content (AvgIpc) is 1.59. The van der Waals surface area contributed by atoms with E-state index in [0.717, 1.165) is 0 Å². The van der Waals surface area contributed by atoms with Gasteiger partial charge in [0.25, 0.3) is 0 Å². The first-order valence-electron chi connectivity index (χ1n) is 2.00. The molecule has 0 saturated heterocycles. The van der Waals surface area contributed by atoms with E-state index in [2.05, 4.69) is 4.65 Å². The number of halogens is 4. The lowest BCUT2D eigenvalue weighted by atomic mass is 10.5. The van der Waals surface area contributed by atoms with E-state index in [1.54, 1.807) is 0 Å². The third-order valence-electron chi connectivity index (χ3n) is 0.421. The molecule has 6 heteroatoms. The minimum Gasteiger partial charge on any atom is -0.642 e. The predicted octanol–water partition coefficient (Wildman–Crippen LogP) is 1.91. The second-order valence-electron chi connectivity index (χ2n) is 1.14. The van der Waals surface area contributed by atoms with Gasteiger partial charge in [-0.15, -0.1) is 11.6 Å². The summed E-state index contributed by atoms with van der Waals surface area (Å²) in [6.07, 6.45) is 0. The maximum Gasteiger partial charge on any atom is 0.553 e. The molecule has 0 unspecified atom stereocenters. The molecular formula is C2H5BCl4O. The smallest absolute Gasteiger partial charge is 0.553 e. The summed E-state index contributed by atoms with van der Waals surface area (Å²) in [7, 11) is 0. The van der Waals surface area contributed by atoms with E-state index in [4.69, 9.17) is 46.0 Å². The lowest BCUT2D eigenvalue weighted by Gasteiger charge is -2.14. The minimum atomic E-state index is -2.04. The van der Waals surface area contributed by atoms with Crippen molar-refractivity contribution in [3.63, 3.8) is 0 Å². The van der Waals surface area contributed by atoms with E-state index >= 15 is 0 Å². The van der Waals surface area contributed by atoms with Gasteiger partial charge in [-0.05, 0) is 0 Å². The quantitative estimate of drug-likeness (QED) is 0.373. The molecule has 50 valence electrons. The van der Waals surface area contributed by atoms with E-state index in [1.807, 2.05) is 0 Å². The van der Waals surface area contributed by atoms with Crippen LogP contribution >= 0.6 is 46.0 Å². The van der Waals surface area contributed by atoms with Gasteiger partial charge in [0.15, 0.2) is 0 Å². The number of alkyl halides is 1. The first kappa shape index (κ1) is 9.18. The molecule has 0 amide bonds. The Balaban J connectivity index is 3.11. The summed E-state index contributed by atoms with van der Waals surface area (Å²) in [6, 6.07) is 0. The highest BCUT2D eigenvalue weighted by Gasteiger charge is 2.22. The van der Waals surface area contributed by atoms with Gasteiger partial charge in [-0.1, -0.05) is 0 Å². The van der Waals surface area contributed by atoms with Crippen molar-refractivity contribution in [3.05, 3.63) is 0 Å². The van der Waals surface area contributed by atoms with Gasteiger partial charge in [-0.3, -0.25) is 0 Å². The third kappa shape index (κ3) is 7.18. The maximum atomic E-state index is 5.28. The lowest BCUT2D eigenvalue weighted by Crippen LogP contribution is -2.22. The molecule has 0 radical (unpaired) electrons. The summed E-state index contributed by atoms with van der Waals surface area (Å²) in [5.41, 5.74) is 0. The molecule has 8 heavy (non-hydrogen) atoms. The van der Waals surface area contributed by atoms with Crippen LogP contribution in [0.5, 0.6) is 0 Å². The molecule has 0 aromatic rings. The molecule has 1 N–H and O–H groups in total. The Morgan fingerprint density at radius 3 is 1.88 bits per heavy atom. The fraction of sp³-hybridized carbons (Fsp3) is 1.00. The normalized spacial score (nSPS) is 12.0. The molecular weight excluding hydrogens is 193 g/mol. The Kier molecular flexibility index (Phi) is 4.68. The number of hydrogen-bond donors (Lipinski definition) is 0. The second-order valence-corrected chi connectivity index (χ2v) is 4.08. The molecule has 0 aliphatic heterocycles. The monoisotopic (exact) mass is 196 g/mol. The number of aliphatic hydroxyl groups is 1. The fourth-order valence-corrected chi connectivity index (χ4v) is 0.586. The second kappa shape index (κ2) is 4.07. The van der Waals surface area contributed by atoms with Gasteiger partial charge in [0.2, 0.25) is 0 Å². The summed E-state index contributed by atoms with van der Waals surface area (Å²) in [5, 5.41) is 0. The topological polar surface area (TPSA) is 12.8 Å². The van der Waals surface area contributed by atoms with Crippen LogP contribution < -0.4 is 0 Å². The van der Waals surface area contributed by atoms with Crippen molar-refractivity contribution < 1.29 is 4.65 Å². The van der Waals surface area contributed by atoms with Crippen LogP contribution in [-0.4, -0.2) is 21.7 Å². The molecule has 0 spiro atoms. The van der Waals surface area contributed by atoms with E-state index in [9.17, 15) is 0 Å². The van der Waals surface area contributed by atoms with Gasteiger partial charge < -0.3 is 4.65 Å². The van der Waals surface area contributed by atoms with Crippen LogP contribution in [0.15, 0.2) is 0 Å².